The summed E-state index contributed by atoms with van der Waals surface area (Å²) in [7, 11) is 1.63. The Kier molecular flexibility index (Phi) is 7.01. The number of rotatable bonds is 8. The molecule has 1 aromatic heterocycles. The number of aromatic nitrogens is 2. The van der Waals surface area contributed by atoms with Gasteiger partial charge in [-0.05, 0) is 6.07 Å². The Morgan fingerprint density at radius 2 is 2.23 bits per heavy atom. The first-order valence-electron chi connectivity index (χ1n) is 7.44. The fourth-order valence-electron chi connectivity index (χ4n) is 2.08. The van der Waals surface area contributed by atoms with E-state index < -0.39 is 0 Å². The van der Waals surface area contributed by atoms with Crippen LogP contribution in [0.4, 0.5) is 5.95 Å². The van der Waals surface area contributed by atoms with E-state index in [1.165, 1.54) is 0 Å². The predicted molar refractivity (Wildman–Crippen MR) is 82.0 cm³/mol. The van der Waals surface area contributed by atoms with Gasteiger partial charge in [0.05, 0.1) is 19.8 Å². The highest BCUT2D eigenvalue weighted by Crippen LogP contribution is 2.00. The van der Waals surface area contributed by atoms with E-state index in [4.69, 9.17) is 9.47 Å². The van der Waals surface area contributed by atoms with Crippen molar-refractivity contribution in [1.82, 2.24) is 20.2 Å². The maximum absolute atomic E-state index is 12.1. The molecular formula is C14H23N5O3. The highest BCUT2D eigenvalue weighted by atomic mass is 16.5. The summed E-state index contributed by atoms with van der Waals surface area (Å²) in [6, 6.07) is 1.60. The van der Waals surface area contributed by atoms with E-state index in [0.717, 1.165) is 32.8 Å². The fraction of sp³-hybridized carbons (Fsp3) is 0.643. The lowest BCUT2D eigenvalue weighted by Crippen LogP contribution is -2.41. The predicted octanol–water partition coefficient (Wildman–Crippen LogP) is -0.403. The Morgan fingerprint density at radius 1 is 1.41 bits per heavy atom. The van der Waals surface area contributed by atoms with Gasteiger partial charge in [-0.25, -0.2) is 9.97 Å². The van der Waals surface area contributed by atoms with Gasteiger partial charge in [-0.15, -0.1) is 0 Å². The van der Waals surface area contributed by atoms with E-state index in [1.807, 2.05) is 0 Å². The van der Waals surface area contributed by atoms with E-state index in [1.54, 1.807) is 19.4 Å². The Labute approximate surface area is 130 Å². The van der Waals surface area contributed by atoms with Gasteiger partial charge >= 0.3 is 0 Å². The van der Waals surface area contributed by atoms with Crippen molar-refractivity contribution >= 4 is 11.9 Å². The third kappa shape index (κ3) is 5.55. The molecule has 0 atom stereocenters. The molecule has 122 valence electrons. The summed E-state index contributed by atoms with van der Waals surface area (Å²) in [6.07, 6.45) is 1.57. The van der Waals surface area contributed by atoms with Crippen molar-refractivity contribution in [1.29, 1.82) is 0 Å². The molecule has 1 aliphatic rings. The van der Waals surface area contributed by atoms with E-state index in [-0.39, 0.29) is 5.91 Å². The summed E-state index contributed by atoms with van der Waals surface area (Å²) in [5.74, 6) is 0.239. The monoisotopic (exact) mass is 309 g/mol. The molecular weight excluding hydrogens is 286 g/mol. The van der Waals surface area contributed by atoms with Crippen LogP contribution >= 0.6 is 0 Å². The Hall–Kier alpha value is -1.77. The molecule has 1 aliphatic heterocycles. The normalized spacial score (nSPS) is 15.5. The standard InChI is InChI=1S/C14H23N5O3/c1-21-9-5-17-14-16-3-2-12(18-14)13(20)15-4-6-19-7-10-22-11-8-19/h2-3H,4-11H2,1H3,(H,15,20)(H,16,17,18). The van der Waals surface area contributed by atoms with Crippen molar-refractivity contribution < 1.29 is 14.3 Å². The number of amides is 1. The minimum Gasteiger partial charge on any atom is -0.383 e. The number of ether oxygens (including phenoxy) is 2. The molecule has 0 saturated carbocycles. The number of nitrogens with one attached hydrogen (secondary N) is 2. The summed E-state index contributed by atoms with van der Waals surface area (Å²) >= 11 is 0. The molecule has 22 heavy (non-hydrogen) atoms. The second-order valence-corrected chi connectivity index (χ2v) is 4.89. The smallest absolute Gasteiger partial charge is 0.270 e. The number of carbonyl (C=O) groups is 1. The molecule has 0 spiro atoms. The maximum Gasteiger partial charge on any atom is 0.270 e. The van der Waals surface area contributed by atoms with Crippen LogP contribution in [0, 0.1) is 0 Å². The van der Waals surface area contributed by atoms with Crippen LogP contribution in [0.1, 0.15) is 10.5 Å². The number of carbonyl (C=O) groups excluding carboxylic acids is 1. The summed E-state index contributed by atoms with van der Waals surface area (Å²) in [5.41, 5.74) is 0.358. The molecule has 1 amide bonds. The van der Waals surface area contributed by atoms with Crippen LogP contribution in [-0.2, 0) is 9.47 Å². The van der Waals surface area contributed by atoms with Gasteiger partial charge in [-0.1, -0.05) is 0 Å². The van der Waals surface area contributed by atoms with Crippen LogP contribution in [0.15, 0.2) is 12.3 Å². The second-order valence-electron chi connectivity index (χ2n) is 4.89. The van der Waals surface area contributed by atoms with Crippen LogP contribution in [0.2, 0.25) is 0 Å². The third-order valence-corrected chi connectivity index (χ3v) is 3.29. The van der Waals surface area contributed by atoms with Crippen molar-refractivity contribution in [2.45, 2.75) is 0 Å². The molecule has 8 heteroatoms. The lowest BCUT2D eigenvalue weighted by Gasteiger charge is -2.26. The number of nitrogens with zero attached hydrogens (tertiary/aromatic N) is 3. The van der Waals surface area contributed by atoms with Crippen LogP contribution < -0.4 is 10.6 Å². The molecule has 1 saturated heterocycles. The number of methoxy groups -OCH3 is 1. The Bertz CT molecular complexity index is 466. The molecule has 2 N–H and O–H groups in total. The lowest BCUT2D eigenvalue weighted by molar-refractivity contribution is 0.0383. The maximum atomic E-state index is 12.1. The van der Waals surface area contributed by atoms with Crippen molar-refractivity contribution in [3.8, 4) is 0 Å². The molecule has 1 fully saturated rings. The summed E-state index contributed by atoms with van der Waals surface area (Å²) in [6.45, 7) is 5.91. The molecule has 0 radical (unpaired) electrons. The average molecular weight is 309 g/mol. The zero-order valence-corrected chi connectivity index (χ0v) is 12.9. The Morgan fingerprint density at radius 3 is 3.00 bits per heavy atom. The third-order valence-electron chi connectivity index (χ3n) is 3.29. The molecule has 1 aromatic rings. The van der Waals surface area contributed by atoms with E-state index in [9.17, 15) is 4.79 Å². The van der Waals surface area contributed by atoms with Crippen LogP contribution in [0.25, 0.3) is 0 Å². The van der Waals surface area contributed by atoms with Gasteiger partial charge in [0, 0.05) is 46.0 Å². The van der Waals surface area contributed by atoms with Crippen molar-refractivity contribution in [3.05, 3.63) is 18.0 Å². The number of morpholine rings is 1. The number of hydrogen-bond acceptors (Lipinski definition) is 7. The molecule has 0 aromatic carbocycles. The van der Waals surface area contributed by atoms with E-state index in [0.29, 0.717) is 31.3 Å². The van der Waals surface area contributed by atoms with Gasteiger partial charge in [0.25, 0.3) is 5.91 Å². The van der Waals surface area contributed by atoms with Crippen molar-refractivity contribution in [2.24, 2.45) is 0 Å². The molecule has 8 nitrogen and oxygen atoms in total. The highest BCUT2D eigenvalue weighted by molar-refractivity contribution is 5.92. The van der Waals surface area contributed by atoms with E-state index >= 15 is 0 Å². The van der Waals surface area contributed by atoms with Crippen LogP contribution in [0.5, 0.6) is 0 Å². The highest BCUT2D eigenvalue weighted by Gasteiger charge is 2.12. The van der Waals surface area contributed by atoms with Gasteiger partial charge in [0.2, 0.25) is 5.95 Å². The van der Waals surface area contributed by atoms with Gasteiger partial charge in [-0.3, -0.25) is 9.69 Å². The first kappa shape index (κ1) is 16.6. The quantitative estimate of drug-likeness (QED) is 0.631. The second kappa shape index (κ2) is 9.29. The summed E-state index contributed by atoms with van der Waals surface area (Å²) in [4.78, 5) is 22.6. The van der Waals surface area contributed by atoms with Gasteiger partial charge in [0.15, 0.2) is 0 Å². The molecule has 2 rings (SSSR count). The summed E-state index contributed by atoms with van der Waals surface area (Å²) in [5, 5.41) is 5.88. The molecule has 0 aliphatic carbocycles. The van der Waals surface area contributed by atoms with E-state index in [2.05, 4.69) is 25.5 Å². The molecule has 2 heterocycles. The molecule has 0 unspecified atom stereocenters. The van der Waals surface area contributed by atoms with Crippen LogP contribution in [0.3, 0.4) is 0 Å². The van der Waals surface area contributed by atoms with Crippen LogP contribution in [-0.4, -0.2) is 80.4 Å². The Balaban J connectivity index is 1.75. The topological polar surface area (TPSA) is 88.6 Å². The van der Waals surface area contributed by atoms with Gasteiger partial charge in [0.1, 0.15) is 5.69 Å². The average Bonchev–Trinajstić information content (AvgIpc) is 2.56. The zero-order valence-electron chi connectivity index (χ0n) is 12.9. The minimum atomic E-state index is -0.189. The number of anilines is 1. The lowest BCUT2D eigenvalue weighted by atomic mass is 10.3. The minimum absolute atomic E-state index is 0.189. The number of hydrogen-bond donors (Lipinski definition) is 2. The zero-order chi connectivity index (χ0) is 15.6. The van der Waals surface area contributed by atoms with Crippen molar-refractivity contribution in [2.75, 3.05) is 65.0 Å². The van der Waals surface area contributed by atoms with Gasteiger partial charge in [-0.2, -0.15) is 0 Å². The van der Waals surface area contributed by atoms with Crippen molar-refractivity contribution in [3.63, 3.8) is 0 Å². The summed E-state index contributed by atoms with van der Waals surface area (Å²) < 4.78 is 10.2. The first-order chi connectivity index (χ1) is 10.8. The SMILES string of the molecule is COCCNc1nccc(C(=O)NCCN2CCOCC2)n1. The van der Waals surface area contributed by atoms with Gasteiger partial charge < -0.3 is 20.1 Å². The fourth-order valence-corrected chi connectivity index (χ4v) is 2.08. The molecule has 0 bridgehead atoms. The first-order valence-corrected chi connectivity index (χ1v) is 7.44. The largest absolute Gasteiger partial charge is 0.383 e.